The summed E-state index contributed by atoms with van der Waals surface area (Å²) in [4.78, 5) is 21.5. The molecule has 0 spiro atoms. The van der Waals surface area contributed by atoms with Gasteiger partial charge in [-0.2, -0.15) is 0 Å². The van der Waals surface area contributed by atoms with Gasteiger partial charge in [-0.1, -0.05) is 6.07 Å². The Morgan fingerprint density at radius 2 is 2.28 bits per heavy atom. The summed E-state index contributed by atoms with van der Waals surface area (Å²) in [7, 11) is 0. The van der Waals surface area contributed by atoms with Gasteiger partial charge in [-0.25, -0.2) is 0 Å². The molecule has 0 aliphatic carbocycles. The Kier molecular flexibility index (Phi) is 5.06. The number of hydrogen-bond donors (Lipinski definition) is 2. The summed E-state index contributed by atoms with van der Waals surface area (Å²) in [6, 6.07) is 4.41. The predicted molar refractivity (Wildman–Crippen MR) is 65.2 cm³/mol. The van der Waals surface area contributed by atoms with Gasteiger partial charge < -0.3 is 15.8 Å². The zero-order valence-electron chi connectivity index (χ0n) is 10.0. The van der Waals surface area contributed by atoms with Gasteiger partial charge in [-0.15, -0.1) is 0 Å². The van der Waals surface area contributed by atoms with Crippen molar-refractivity contribution in [2.24, 2.45) is 5.73 Å². The fourth-order valence-electron chi connectivity index (χ4n) is 1.35. The summed E-state index contributed by atoms with van der Waals surface area (Å²) >= 11 is 0. The van der Waals surface area contributed by atoms with E-state index >= 15 is 0 Å². The lowest BCUT2D eigenvalue weighted by Gasteiger charge is -2.07. The van der Waals surface area contributed by atoms with Gasteiger partial charge in [0.05, 0.1) is 4.92 Å². The number of nitro groups is 1. The van der Waals surface area contributed by atoms with Crippen LogP contribution < -0.4 is 15.8 Å². The van der Waals surface area contributed by atoms with Crippen LogP contribution >= 0.6 is 0 Å². The molecule has 1 amide bonds. The summed E-state index contributed by atoms with van der Waals surface area (Å²) in [6.07, 6.45) is 0. The van der Waals surface area contributed by atoms with Gasteiger partial charge in [0.1, 0.15) is 0 Å². The van der Waals surface area contributed by atoms with Crippen LogP contribution in [0.15, 0.2) is 18.2 Å². The SMILES string of the molecule is CCNC(=O)COc1ccc(CN)cc1[N+](=O)[O-]. The van der Waals surface area contributed by atoms with Gasteiger partial charge in [0.15, 0.2) is 12.4 Å². The molecule has 0 saturated heterocycles. The third-order valence-electron chi connectivity index (χ3n) is 2.19. The predicted octanol–water partition coefficient (Wildman–Crippen LogP) is 0.568. The quantitative estimate of drug-likeness (QED) is 0.569. The molecule has 0 fully saturated rings. The maximum absolute atomic E-state index is 11.2. The molecular formula is C11H15N3O4. The van der Waals surface area contributed by atoms with Crippen LogP contribution in [0, 0.1) is 10.1 Å². The molecule has 0 radical (unpaired) electrons. The molecule has 98 valence electrons. The molecule has 0 saturated carbocycles. The number of ether oxygens (including phenoxy) is 1. The molecule has 0 aliphatic rings. The van der Waals surface area contributed by atoms with Crippen molar-refractivity contribution in [1.82, 2.24) is 5.32 Å². The number of nitrogens with one attached hydrogen (secondary N) is 1. The van der Waals surface area contributed by atoms with Crippen LogP contribution in [-0.4, -0.2) is 24.0 Å². The molecule has 0 unspecified atom stereocenters. The van der Waals surface area contributed by atoms with Crippen LogP contribution in [-0.2, 0) is 11.3 Å². The van der Waals surface area contributed by atoms with Gasteiger partial charge >= 0.3 is 5.69 Å². The van der Waals surface area contributed by atoms with Gasteiger partial charge in [-0.05, 0) is 18.6 Å². The van der Waals surface area contributed by atoms with Crippen molar-refractivity contribution in [3.8, 4) is 5.75 Å². The summed E-state index contributed by atoms with van der Waals surface area (Å²) < 4.78 is 5.12. The molecule has 3 N–H and O–H groups in total. The third-order valence-corrected chi connectivity index (χ3v) is 2.19. The number of nitrogens with zero attached hydrogens (tertiary/aromatic N) is 1. The highest BCUT2D eigenvalue weighted by molar-refractivity contribution is 5.77. The Labute approximate surface area is 104 Å². The van der Waals surface area contributed by atoms with E-state index in [1.54, 1.807) is 13.0 Å². The normalized spacial score (nSPS) is 9.89. The Hall–Kier alpha value is -2.15. The van der Waals surface area contributed by atoms with E-state index in [4.69, 9.17) is 10.5 Å². The van der Waals surface area contributed by atoms with Crippen LogP contribution in [0.4, 0.5) is 5.69 Å². The monoisotopic (exact) mass is 253 g/mol. The van der Waals surface area contributed by atoms with Crippen molar-refractivity contribution in [3.05, 3.63) is 33.9 Å². The highest BCUT2D eigenvalue weighted by atomic mass is 16.6. The third kappa shape index (κ3) is 3.70. The molecule has 0 atom stereocenters. The molecule has 7 heteroatoms. The summed E-state index contributed by atoms with van der Waals surface area (Å²) in [5, 5.41) is 13.4. The zero-order valence-corrected chi connectivity index (χ0v) is 10.0. The van der Waals surface area contributed by atoms with E-state index in [9.17, 15) is 14.9 Å². The van der Waals surface area contributed by atoms with Crippen molar-refractivity contribution in [2.75, 3.05) is 13.2 Å². The number of rotatable bonds is 6. The lowest BCUT2D eigenvalue weighted by atomic mass is 10.2. The molecule has 1 aromatic rings. The number of carbonyl (C=O) groups is 1. The van der Waals surface area contributed by atoms with Crippen molar-refractivity contribution in [1.29, 1.82) is 0 Å². The Balaban J connectivity index is 2.81. The number of nitrogens with two attached hydrogens (primary N) is 1. The highest BCUT2D eigenvalue weighted by Crippen LogP contribution is 2.27. The first-order chi connectivity index (χ1) is 8.58. The number of hydrogen-bond acceptors (Lipinski definition) is 5. The second-order valence-corrected chi connectivity index (χ2v) is 3.51. The minimum atomic E-state index is -0.563. The summed E-state index contributed by atoms with van der Waals surface area (Å²) in [6.45, 7) is 2.21. The minimum Gasteiger partial charge on any atom is -0.477 e. The Morgan fingerprint density at radius 3 is 2.83 bits per heavy atom. The van der Waals surface area contributed by atoms with Crippen LogP contribution in [0.1, 0.15) is 12.5 Å². The van der Waals surface area contributed by atoms with Crippen LogP contribution in [0.2, 0.25) is 0 Å². The molecule has 0 aliphatic heterocycles. The fraction of sp³-hybridized carbons (Fsp3) is 0.364. The summed E-state index contributed by atoms with van der Waals surface area (Å²) in [5.74, 6) is -0.266. The van der Waals surface area contributed by atoms with E-state index in [2.05, 4.69) is 5.32 Å². The average Bonchev–Trinajstić information content (AvgIpc) is 2.36. The first-order valence-electron chi connectivity index (χ1n) is 5.45. The van der Waals surface area contributed by atoms with E-state index in [0.717, 1.165) is 0 Å². The first-order valence-corrected chi connectivity index (χ1v) is 5.45. The maximum atomic E-state index is 11.2. The maximum Gasteiger partial charge on any atom is 0.311 e. The highest BCUT2D eigenvalue weighted by Gasteiger charge is 2.16. The number of carbonyl (C=O) groups excluding carboxylic acids is 1. The molecule has 0 bridgehead atoms. The molecule has 1 aromatic carbocycles. The van der Waals surface area contributed by atoms with Gasteiger partial charge in [0, 0.05) is 19.2 Å². The second kappa shape index (κ2) is 6.55. The van der Waals surface area contributed by atoms with E-state index in [0.29, 0.717) is 12.1 Å². The molecule has 0 aromatic heterocycles. The lowest BCUT2D eigenvalue weighted by molar-refractivity contribution is -0.385. The van der Waals surface area contributed by atoms with Gasteiger partial charge in [-0.3, -0.25) is 14.9 Å². The van der Waals surface area contributed by atoms with Gasteiger partial charge in [0.25, 0.3) is 5.91 Å². The minimum absolute atomic E-state index is 0.0588. The van der Waals surface area contributed by atoms with Crippen LogP contribution in [0.3, 0.4) is 0 Å². The van der Waals surface area contributed by atoms with Crippen molar-refractivity contribution >= 4 is 11.6 Å². The number of nitro benzene ring substituents is 1. The van der Waals surface area contributed by atoms with Crippen molar-refractivity contribution in [3.63, 3.8) is 0 Å². The van der Waals surface area contributed by atoms with Crippen LogP contribution in [0.5, 0.6) is 5.75 Å². The van der Waals surface area contributed by atoms with Crippen LogP contribution in [0.25, 0.3) is 0 Å². The first kappa shape index (κ1) is 13.9. The van der Waals surface area contributed by atoms with E-state index in [-0.39, 0.29) is 30.5 Å². The molecule has 18 heavy (non-hydrogen) atoms. The Morgan fingerprint density at radius 1 is 1.56 bits per heavy atom. The lowest BCUT2D eigenvalue weighted by Crippen LogP contribution is -2.28. The molecule has 0 heterocycles. The van der Waals surface area contributed by atoms with E-state index in [1.165, 1.54) is 12.1 Å². The molecule has 1 rings (SSSR count). The summed E-state index contributed by atoms with van der Waals surface area (Å²) in [5.41, 5.74) is 5.84. The van der Waals surface area contributed by atoms with Crippen molar-refractivity contribution < 1.29 is 14.5 Å². The van der Waals surface area contributed by atoms with Gasteiger partial charge in [0.2, 0.25) is 0 Å². The fourth-order valence-corrected chi connectivity index (χ4v) is 1.35. The standard InChI is InChI=1S/C11H15N3O4/c1-2-13-11(15)7-18-10-4-3-8(6-12)5-9(10)14(16)17/h3-5H,2,6-7,12H2,1H3,(H,13,15). The zero-order chi connectivity index (χ0) is 13.5. The topological polar surface area (TPSA) is 107 Å². The van der Waals surface area contributed by atoms with E-state index in [1.807, 2.05) is 0 Å². The molecule has 7 nitrogen and oxygen atoms in total. The number of amides is 1. The van der Waals surface area contributed by atoms with Crippen molar-refractivity contribution in [2.45, 2.75) is 13.5 Å². The molecular weight excluding hydrogens is 238 g/mol. The second-order valence-electron chi connectivity index (χ2n) is 3.51. The number of benzene rings is 1. The Bertz CT molecular complexity index is 448. The van der Waals surface area contributed by atoms with E-state index < -0.39 is 4.92 Å². The largest absolute Gasteiger partial charge is 0.477 e. The smallest absolute Gasteiger partial charge is 0.311 e. The number of likely N-dealkylation sites (N-methyl/N-ethyl adjacent to an activating group) is 1. The average molecular weight is 253 g/mol.